The molecule has 2 nitrogen and oxygen atoms in total. The lowest BCUT2D eigenvalue weighted by molar-refractivity contribution is 0.956. The van der Waals surface area contributed by atoms with Gasteiger partial charge in [0, 0.05) is 23.1 Å². The molecule has 0 spiro atoms. The molecule has 1 aromatic carbocycles. The van der Waals surface area contributed by atoms with Crippen LogP contribution < -0.4 is 4.90 Å². The molecule has 13 heavy (non-hydrogen) atoms. The summed E-state index contributed by atoms with van der Waals surface area (Å²) in [4.78, 5) is 2.06. The quantitative estimate of drug-likeness (QED) is 0.801. The minimum absolute atomic E-state index is 0.738. The van der Waals surface area contributed by atoms with E-state index >= 15 is 0 Å². The Balaban J connectivity index is 2.25. The number of amidine groups is 1. The number of benzene rings is 1. The van der Waals surface area contributed by atoms with Gasteiger partial charge < -0.3 is 4.90 Å². The third kappa shape index (κ3) is 1.75. The van der Waals surface area contributed by atoms with Gasteiger partial charge in [0.25, 0.3) is 0 Å². The van der Waals surface area contributed by atoms with Gasteiger partial charge in [0.15, 0.2) is 0 Å². The Bertz CT molecular complexity index is 318. The summed E-state index contributed by atoms with van der Waals surface area (Å²) in [5.41, 5.74) is 1.13. The molecular weight excluding hydrogens is 228 g/mol. The van der Waals surface area contributed by atoms with Crippen LogP contribution in [0.3, 0.4) is 0 Å². The van der Waals surface area contributed by atoms with E-state index in [2.05, 4.69) is 20.8 Å². The van der Waals surface area contributed by atoms with Crippen LogP contribution in [-0.4, -0.2) is 12.4 Å². The molecule has 0 saturated carbocycles. The number of rotatable bonds is 1. The molecule has 0 radical (unpaired) electrons. The Hall–Kier alpha value is -0.830. The molecule has 0 amide bonds. The molecule has 0 aromatic heterocycles. The highest BCUT2D eigenvalue weighted by Gasteiger charge is 2.17. The van der Waals surface area contributed by atoms with Gasteiger partial charge in [-0.15, -0.1) is 0 Å². The van der Waals surface area contributed by atoms with Crippen molar-refractivity contribution in [3.05, 3.63) is 28.7 Å². The number of hydrogen-bond donors (Lipinski definition) is 1. The molecule has 0 bridgehead atoms. The smallest absolute Gasteiger partial charge is 0.100 e. The molecule has 1 N–H and O–H groups in total. The van der Waals surface area contributed by atoms with E-state index in [0.29, 0.717) is 0 Å². The lowest BCUT2D eigenvalue weighted by Gasteiger charge is -2.17. The number of halogens is 1. The summed E-state index contributed by atoms with van der Waals surface area (Å²) in [6.07, 6.45) is 2.02. The first kappa shape index (κ1) is 8.75. The topological polar surface area (TPSA) is 27.1 Å². The van der Waals surface area contributed by atoms with Crippen molar-refractivity contribution in [2.75, 3.05) is 11.4 Å². The second-order valence-electron chi connectivity index (χ2n) is 3.18. The average molecular weight is 239 g/mol. The molecular formula is C10H11BrN2. The zero-order chi connectivity index (χ0) is 9.26. The summed E-state index contributed by atoms with van der Waals surface area (Å²) >= 11 is 3.40. The van der Waals surface area contributed by atoms with E-state index in [0.717, 1.165) is 35.4 Å². The molecule has 1 saturated heterocycles. The summed E-state index contributed by atoms with van der Waals surface area (Å²) in [5.74, 6) is 0.738. The Kier molecular flexibility index (Phi) is 2.36. The van der Waals surface area contributed by atoms with Crippen LogP contribution in [0.5, 0.6) is 0 Å². The summed E-state index contributed by atoms with van der Waals surface area (Å²) in [5, 5.41) is 7.71. The van der Waals surface area contributed by atoms with Crippen LogP contribution >= 0.6 is 15.9 Å². The molecule has 0 atom stereocenters. The SMILES string of the molecule is N=C1CCCN1c1ccc(Br)cc1. The Morgan fingerprint density at radius 2 is 1.92 bits per heavy atom. The van der Waals surface area contributed by atoms with Crippen LogP contribution in [0.1, 0.15) is 12.8 Å². The van der Waals surface area contributed by atoms with Gasteiger partial charge in [0.2, 0.25) is 0 Å². The molecule has 68 valence electrons. The van der Waals surface area contributed by atoms with Gasteiger partial charge in [0.05, 0.1) is 0 Å². The van der Waals surface area contributed by atoms with E-state index in [4.69, 9.17) is 5.41 Å². The molecule has 1 aliphatic heterocycles. The van der Waals surface area contributed by atoms with Crippen LogP contribution in [0.25, 0.3) is 0 Å². The first-order chi connectivity index (χ1) is 6.27. The second kappa shape index (κ2) is 3.50. The lowest BCUT2D eigenvalue weighted by Crippen LogP contribution is -2.22. The largest absolute Gasteiger partial charge is 0.330 e. The van der Waals surface area contributed by atoms with Crippen molar-refractivity contribution >= 4 is 27.5 Å². The maximum atomic E-state index is 7.71. The molecule has 3 heteroatoms. The summed E-state index contributed by atoms with van der Waals surface area (Å²) in [6, 6.07) is 8.12. The van der Waals surface area contributed by atoms with Crippen LogP contribution in [0.15, 0.2) is 28.7 Å². The van der Waals surface area contributed by atoms with Gasteiger partial charge in [-0.3, -0.25) is 5.41 Å². The highest BCUT2D eigenvalue weighted by molar-refractivity contribution is 9.10. The van der Waals surface area contributed by atoms with Gasteiger partial charge in [-0.1, -0.05) is 15.9 Å². The standard InChI is InChI=1S/C10H11BrN2/c11-8-3-5-9(6-4-8)13-7-1-2-10(13)12/h3-6,12H,1-2,7H2. The van der Waals surface area contributed by atoms with Crippen molar-refractivity contribution in [2.45, 2.75) is 12.8 Å². The van der Waals surface area contributed by atoms with Gasteiger partial charge >= 0.3 is 0 Å². The number of anilines is 1. The zero-order valence-corrected chi connectivity index (χ0v) is 8.84. The van der Waals surface area contributed by atoms with Crippen molar-refractivity contribution < 1.29 is 0 Å². The average Bonchev–Trinajstić information content (AvgIpc) is 2.53. The first-order valence-corrected chi connectivity index (χ1v) is 5.17. The minimum Gasteiger partial charge on any atom is -0.330 e. The highest BCUT2D eigenvalue weighted by Crippen LogP contribution is 2.23. The fourth-order valence-electron chi connectivity index (χ4n) is 1.58. The third-order valence-electron chi connectivity index (χ3n) is 2.26. The van der Waals surface area contributed by atoms with Crippen molar-refractivity contribution in [2.24, 2.45) is 0 Å². The van der Waals surface area contributed by atoms with Gasteiger partial charge in [-0.2, -0.15) is 0 Å². The molecule has 1 aromatic rings. The van der Waals surface area contributed by atoms with E-state index < -0.39 is 0 Å². The summed E-state index contributed by atoms with van der Waals surface area (Å²) in [6.45, 7) is 0.987. The predicted molar refractivity (Wildman–Crippen MR) is 58.4 cm³/mol. The van der Waals surface area contributed by atoms with Gasteiger partial charge in [-0.25, -0.2) is 0 Å². The summed E-state index contributed by atoms with van der Waals surface area (Å²) < 4.78 is 1.09. The van der Waals surface area contributed by atoms with E-state index in [1.807, 2.05) is 24.3 Å². The van der Waals surface area contributed by atoms with Crippen LogP contribution in [0, 0.1) is 5.41 Å². The predicted octanol–water partition coefficient (Wildman–Crippen LogP) is 3.03. The van der Waals surface area contributed by atoms with Crippen LogP contribution in [-0.2, 0) is 0 Å². The second-order valence-corrected chi connectivity index (χ2v) is 4.09. The molecule has 2 rings (SSSR count). The molecule has 1 heterocycles. The monoisotopic (exact) mass is 238 g/mol. The fraction of sp³-hybridized carbons (Fsp3) is 0.300. The van der Waals surface area contributed by atoms with Crippen molar-refractivity contribution in [3.8, 4) is 0 Å². The molecule has 0 aliphatic carbocycles. The van der Waals surface area contributed by atoms with E-state index in [1.165, 1.54) is 0 Å². The normalized spacial score (nSPS) is 16.7. The highest BCUT2D eigenvalue weighted by atomic mass is 79.9. The molecule has 1 fully saturated rings. The maximum absolute atomic E-state index is 7.71. The van der Waals surface area contributed by atoms with E-state index in [9.17, 15) is 0 Å². The Labute approximate surface area is 86.2 Å². The van der Waals surface area contributed by atoms with Crippen molar-refractivity contribution in [1.29, 1.82) is 5.41 Å². The third-order valence-corrected chi connectivity index (χ3v) is 2.79. The van der Waals surface area contributed by atoms with E-state index in [1.54, 1.807) is 0 Å². The van der Waals surface area contributed by atoms with Gasteiger partial charge in [-0.05, 0) is 30.7 Å². The van der Waals surface area contributed by atoms with Crippen molar-refractivity contribution in [3.63, 3.8) is 0 Å². The van der Waals surface area contributed by atoms with Crippen molar-refractivity contribution in [1.82, 2.24) is 0 Å². The Morgan fingerprint density at radius 1 is 1.23 bits per heavy atom. The Morgan fingerprint density at radius 3 is 2.46 bits per heavy atom. The molecule has 1 aliphatic rings. The zero-order valence-electron chi connectivity index (χ0n) is 7.26. The van der Waals surface area contributed by atoms with Gasteiger partial charge in [0.1, 0.15) is 5.84 Å². The van der Waals surface area contributed by atoms with Crippen LogP contribution in [0.2, 0.25) is 0 Å². The summed E-state index contributed by atoms with van der Waals surface area (Å²) in [7, 11) is 0. The molecule has 0 unspecified atom stereocenters. The van der Waals surface area contributed by atoms with Crippen LogP contribution in [0.4, 0.5) is 5.69 Å². The maximum Gasteiger partial charge on any atom is 0.100 e. The van der Waals surface area contributed by atoms with E-state index in [-0.39, 0.29) is 0 Å². The minimum atomic E-state index is 0.738. The number of nitrogens with zero attached hydrogens (tertiary/aromatic N) is 1. The first-order valence-electron chi connectivity index (χ1n) is 4.38. The lowest BCUT2D eigenvalue weighted by atomic mass is 10.3. The number of hydrogen-bond acceptors (Lipinski definition) is 1. The fourth-order valence-corrected chi connectivity index (χ4v) is 1.84. The number of nitrogens with one attached hydrogen (secondary N) is 1.